The molecule has 0 radical (unpaired) electrons. The highest BCUT2D eigenvalue weighted by molar-refractivity contribution is 8.00. The van der Waals surface area contributed by atoms with Crippen molar-refractivity contribution in [1.29, 1.82) is 0 Å². The Labute approximate surface area is 134 Å². The molecular weight excluding hydrogens is 324 g/mol. The van der Waals surface area contributed by atoms with E-state index in [9.17, 15) is 4.79 Å². The summed E-state index contributed by atoms with van der Waals surface area (Å²) in [6, 6.07) is 5.46. The third kappa shape index (κ3) is 3.37. The minimum atomic E-state index is -0.409. The van der Waals surface area contributed by atoms with Crippen LogP contribution in [0.4, 0.5) is 5.82 Å². The van der Waals surface area contributed by atoms with Gasteiger partial charge in [-0.3, -0.25) is 4.79 Å². The highest BCUT2D eigenvalue weighted by Crippen LogP contribution is 2.28. The molecule has 3 aromatic heterocycles. The number of nitrogens with zero attached hydrogens (tertiary/aromatic N) is 3. The van der Waals surface area contributed by atoms with E-state index in [1.54, 1.807) is 19.9 Å². The van der Waals surface area contributed by atoms with Gasteiger partial charge in [-0.2, -0.15) is 0 Å². The van der Waals surface area contributed by atoms with Gasteiger partial charge in [0.2, 0.25) is 5.91 Å². The molecule has 0 fully saturated rings. The zero-order valence-corrected chi connectivity index (χ0v) is 13.4. The molecule has 0 bridgehead atoms. The second-order valence-corrected chi connectivity index (χ2v) is 6.66. The average Bonchev–Trinajstić information content (AvgIpc) is 3.20. The molecule has 0 aliphatic carbocycles. The van der Waals surface area contributed by atoms with Crippen LogP contribution in [0.2, 0.25) is 0 Å². The Morgan fingerprint density at radius 3 is 3.00 bits per heavy atom. The zero-order valence-electron chi connectivity index (χ0n) is 11.8. The van der Waals surface area contributed by atoms with Crippen molar-refractivity contribution in [3.05, 3.63) is 29.3 Å². The van der Waals surface area contributed by atoms with Gasteiger partial charge in [0, 0.05) is 6.07 Å². The fourth-order valence-electron chi connectivity index (χ4n) is 1.62. The molecule has 0 unspecified atom stereocenters. The molecule has 1 N–H and O–H groups in total. The molecule has 1 atom stereocenters. The first-order valence-corrected chi connectivity index (χ1v) is 8.16. The van der Waals surface area contributed by atoms with E-state index >= 15 is 0 Å². The second kappa shape index (κ2) is 6.32. The van der Waals surface area contributed by atoms with E-state index in [0.717, 1.165) is 4.88 Å². The van der Waals surface area contributed by atoms with Gasteiger partial charge in [-0.05, 0) is 25.3 Å². The largest absolute Gasteiger partial charge is 0.410 e. The highest BCUT2D eigenvalue weighted by atomic mass is 32.2. The number of anilines is 1. The Kier molecular flexibility index (Phi) is 4.25. The van der Waals surface area contributed by atoms with Crippen molar-refractivity contribution in [2.75, 3.05) is 5.32 Å². The van der Waals surface area contributed by atoms with E-state index in [2.05, 4.69) is 20.7 Å². The zero-order chi connectivity index (χ0) is 15.5. The third-order valence-corrected chi connectivity index (χ3v) is 4.46. The number of carbonyl (C=O) groups is 1. The molecule has 22 heavy (non-hydrogen) atoms. The smallest absolute Gasteiger partial charge is 0.277 e. The number of nitrogens with one attached hydrogen (secondary N) is 1. The average molecular weight is 336 g/mol. The number of aromatic nitrogens is 3. The molecule has 9 heteroatoms. The molecule has 0 aromatic carbocycles. The van der Waals surface area contributed by atoms with E-state index in [1.165, 1.54) is 23.1 Å². The van der Waals surface area contributed by atoms with E-state index in [0.29, 0.717) is 22.7 Å². The van der Waals surface area contributed by atoms with Crippen LogP contribution >= 0.6 is 23.1 Å². The van der Waals surface area contributed by atoms with Crippen LogP contribution < -0.4 is 5.32 Å². The lowest BCUT2D eigenvalue weighted by atomic mass is 10.4. The lowest BCUT2D eigenvalue weighted by molar-refractivity contribution is -0.115. The maximum atomic E-state index is 12.1. The van der Waals surface area contributed by atoms with Gasteiger partial charge in [-0.1, -0.05) is 23.0 Å². The van der Waals surface area contributed by atoms with Crippen molar-refractivity contribution in [3.63, 3.8) is 0 Å². The van der Waals surface area contributed by atoms with Gasteiger partial charge in [0.25, 0.3) is 11.1 Å². The molecule has 0 saturated heterocycles. The Balaban J connectivity index is 1.61. The topological polar surface area (TPSA) is 94.1 Å². The minimum absolute atomic E-state index is 0.214. The van der Waals surface area contributed by atoms with Crippen LogP contribution in [-0.4, -0.2) is 26.5 Å². The third-order valence-electron chi connectivity index (χ3n) is 2.66. The summed E-state index contributed by atoms with van der Waals surface area (Å²) in [6.07, 6.45) is 0. The van der Waals surface area contributed by atoms with Crippen LogP contribution in [0.1, 0.15) is 12.7 Å². The first-order valence-electron chi connectivity index (χ1n) is 6.40. The van der Waals surface area contributed by atoms with Crippen molar-refractivity contribution < 1.29 is 13.7 Å². The molecule has 7 nitrogen and oxygen atoms in total. The van der Waals surface area contributed by atoms with Crippen LogP contribution in [0.3, 0.4) is 0 Å². The number of rotatable bonds is 5. The van der Waals surface area contributed by atoms with Gasteiger partial charge < -0.3 is 14.3 Å². The highest BCUT2D eigenvalue weighted by Gasteiger charge is 2.20. The van der Waals surface area contributed by atoms with Gasteiger partial charge >= 0.3 is 0 Å². The fourth-order valence-corrected chi connectivity index (χ4v) is 2.94. The number of hydrogen-bond donors (Lipinski definition) is 1. The number of aryl methyl sites for hydroxylation is 1. The molecular formula is C13H12N4O3S2. The molecule has 0 aliphatic heterocycles. The van der Waals surface area contributed by atoms with Crippen molar-refractivity contribution >= 4 is 34.8 Å². The van der Waals surface area contributed by atoms with Crippen LogP contribution in [0.25, 0.3) is 10.8 Å². The molecule has 0 aliphatic rings. The van der Waals surface area contributed by atoms with Gasteiger partial charge in [-0.15, -0.1) is 21.5 Å². The normalized spacial score (nSPS) is 12.3. The van der Waals surface area contributed by atoms with Crippen molar-refractivity contribution in [3.8, 4) is 10.8 Å². The maximum Gasteiger partial charge on any atom is 0.277 e. The predicted molar refractivity (Wildman–Crippen MR) is 82.8 cm³/mol. The van der Waals surface area contributed by atoms with E-state index in [4.69, 9.17) is 8.94 Å². The molecule has 0 spiro atoms. The summed E-state index contributed by atoms with van der Waals surface area (Å²) < 4.78 is 10.4. The van der Waals surface area contributed by atoms with Crippen LogP contribution in [0.5, 0.6) is 0 Å². The van der Waals surface area contributed by atoms with E-state index < -0.39 is 5.25 Å². The second-order valence-electron chi connectivity index (χ2n) is 4.42. The first-order chi connectivity index (χ1) is 10.6. The Hall–Kier alpha value is -2.13. The minimum Gasteiger partial charge on any atom is -0.410 e. The number of thiophene rings is 1. The van der Waals surface area contributed by atoms with Gasteiger partial charge in [-0.25, -0.2) is 0 Å². The van der Waals surface area contributed by atoms with Gasteiger partial charge in [0.1, 0.15) is 5.76 Å². The first kappa shape index (κ1) is 14.8. The maximum absolute atomic E-state index is 12.1. The Morgan fingerprint density at radius 1 is 1.45 bits per heavy atom. The number of amides is 1. The SMILES string of the molecule is Cc1cc(NC(=O)[C@@H](C)Sc2nnc(-c3cccs3)o2)no1. The lowest BCUT2D eigenvalue weighted by Crippen LogP contribution is -2.22. The predicted octanol–water partition coefficient (Wildman–Crippen LogP) is 3.21. The molecule has 0 saturated carbocycles. The fraction of sp³-hybridized carbons (Fsp3) is 0.231. The number of hydrogen-bond acceptors (Lipinski definition) is 8. The van der Waals surface area contributed by atoms with E-state index in [-0.39, 0.29) is 5.91 Å². The summed E-state index contributed by atoms with van der Waals surface area (Å²) in [5.74, 6) is 1.26. The Morgan fingerprint density at radius 2 is 2.32 bits per heavy atom. The Bertz CT molecular complexity index is 766. The summed E-state index contributed by atoms with van der Waals surface area (Å²) in [5, 5.41) is 16.2. The molecule has 3 aromatic rings. The van der Waals surface area contributed by atoms with Crippen molar-refractivity contribution in [2.24, 2.45) is 0 Å². The molecule has 3 heterocycles. The van der Waals surface area contributed by atoms with E-state index in [1.807, 2.05) is 17.5 Å². The monoisotopic (exact) mass is 336 g/mol. The molecule has 114 valence electrons. The number of thioether (sulfide) groups is 1. The summed E-state index contributed by atoms with van der Waals surface area (Å²) in [4.78, 5) is 13.0. The number of carbonyl (C=O) groups excluding carboxylic acids is 1. The van der Waals surface area contributed by atoms with Crippen molar-refractivity contribution in [2.45, 2.75) is 24.3 Å². The standard InChI is InChI=1S/C13H12N4O3S2/c1-7-6-10(17-20-7)14-11(18)8(2)22-13-16-15-12(19-13)9-4-3-5-21-9/h3-6,8H,1-2H3,(H,14,17,18)/t8-/m1/s1. The lowest BCUT2D eigenvalue weighted by Gasteiger charge is -2.06. The summed E-state index contributed by atoms with van der Waals surface area (Å²) in [5.41, 5.74) is 0. The van der Waals surface area contributed by atoms with Crippen LogP contribution in [-0.2, 0) is 4.79 Å². The van der Waals surface area contributed by atoms with Gasteiger partial charge in [0.15, 0.2) is 5.82 Å². The van der Waals surface area contributed by atoms with Crippen LogP contribution in [0.15, 0.2) is 37.7 Å². The summed E-state index contributed by atoms with van der Waals surface area (Å²) in [6.45, 7) is 3.51. The van der Waals surface area contributed by atoms with Crippen LogP contribution in [0, 0.1) is 6.92 Å². The molecule has 3 rings (SSSR count). The summed E-state index contributed by atoms with van der Waals surface area (Å²) >= 11 is 2.70. The molecule has 1 amide bonds. The van der Waals surface area contributed by atoms with Crippen molar-refractivity contribution in [1.82, 2.24) is 15.4 Å². The summed E-state index contributed by atoms with van der Waals surface area (Å²) in [7, 11) is 0. The quantitative estimate of drug-likeness (QED) is 0.715. The van der Waals surface area contributed by atoms with Gasteiger partial charge in [0.05, 0.1) is 10.1 Å².